The van der Waals surface area contributed by atoms with E-state index in [1.807, 2.05) is 30.3 Å². The Balaban J connectivity index is 1.53. The Morgan fingerprint density at radius 2 is 1.51 bits per heavy atom. The second-order valence-corrected chi connectivity index (χ2v) is 7.75. The fraction of sp³-hybridized carbons (Fsp3) is 0.0741. The van der Waals surface area contributed by atoms with Gasteiger partial charge in [0.05, 0.1) is 23.2 Å². The van der Waals surface area contributed by atoms with Crippen LogP contribution in [0, 0.1) is 11.6 Å². The zero-order valence-corrected chi connectivity index (χ0v) is 18.4. The van der Waals surface area contributed by atoms with Crippen molar-refractivity contribution in [3.05, 3.63) is 129 Å². The lowest BCUT2D eigenvalue weighted by molar-refractivity contribution is -0.144. The van der Waals surface area contributed by atoms with Crippen LogP contribution in [-0.4, -0.2) is 16.3 Å². The summed E-state index contributed by atoms with van der Waals surface area (Å²) < 4.78 is 33.7. The van der Waals surface area contributed by atoms with E-state index < -0.39 is 28.9 Å². The Morgan fingerprint density at radius 3 is 2.20 bits per heavy atom. The van der Waals surface area contributed by atoms with E-state index in [9.17, 15) is 23.2 Å². The van der Waals surface area contributed by atoms with E-state index in [2.05, 4.69) is 0 Å². The van der Waals surface area contributed by atoms with Crippen molar-refractivity contribution < 1.29 is 23.1 Å². The number of rotatable bonds is 7. The van der Waals surface area contributed by atoms with Crippen LogP contribution >= 0.6 is 0 Å². The molecule has 0 fully saturated rings. The molecule has 0 aliphatic rings. The highest BCUT2D eigenvalue weighted by atomic mass is 19.1. The highest BCUT2D eigenvalue weighted by Crippen LogP contribution is 2.21. The maximum absolute atomic E-state index is 14.1. The number of halogens is 2. The van der Waals surface area contributed by atoms with Gasteiger partial charge in [0, 0.05) is 12.1 Å². The monoisotopic (exact) mass is 474 g/mol. The van der Waals surface area contributed by atoms with Crippen LogP contribution in [0.4, 0.5) is 14.6 Å². The van der Waals surface area contributed by atoms with E-state index in [1.165, 1.54) is 6.07 Å². The number of hydrogen-bond acceptors (Lipinski definition) is 5. The molecular weight excluding hydrogens is 454 g/mol. The first-order valence-electron chi connectivity index (χ1n) is 10.6. The Kier molecular flexibility index (Phi) is 6.82. The molecule has 0 radical (unpaired) electrons. The second-order valence-electron chi connectivity index (χ2n) is 7.75. The number of nitrogens with two attached hydrogens (primary N) is 1. The van der Waals surface area contributed by atoms with Crippen LogP contribution in [0.5, 0.6) is 0 Å². The standard InChI is InChI=1S/C27H20F2N2O4/c28-19-8-11-21(23(29)15-19)26(34)22-12-13-24(32)31(27(22)30)20-9-6-17(7-10-20)14-25(33)35-16-18-4-2-1-3-5-18/h1-13,15H,14,16,30H2. The number of ether oxygens (including phenoxy) is 1. The number of aromatic nitrogens is 1. The summed E-state index contributed by atoms with van der Waals surface area (Å²) in [7, 11) is 0. The van der Waals surface area contributed by atoms with Crippen molar-refractivity contribution in [2.75, 3.05) is 5.73 Å². The molecule has 4 rings (SSSR count). The average molecular weight is 474 g/mol. The fourth-order valence-corrected chi connectivity index (χ4v) is 3.55. The smallest absolute Gasteiger partial charge is 0.310 e. The number of anilines is 1. The lowest BCUT2D eigenvalue weighted by Gasteiger charge is -2.14. The number of nitrogens with zero attached hydrogens (tertiary/aromatic N) is 1. The highest BCUT2D eigenvalue weighted by Gasteiger charge is 2.20. The summed E-state index contributed by atoms with van der Waals surface area (Å²) in [6.07, 6.45) is 0.0276. The Morgan fingerprint density at radius 1 is 0.829 bits per heavy atom. The molecule has 176 valence electrons. The summed E-state index contributed by atoms with van der Waals surface area (Å²) in [5, 5.41) is 0. The van der Waals surface area contributed by atoms with Crippen molar-refractivity contribution >= 4 is 17.6 Å². The van der Waals surface area contributed by atoms with E-state index in [-0.39, 0.29) is 30.0 Å². The molecular formula is C27H20F2N2O4. The summed E-state index contributed by atoms with van der Waals surface area (Å²) in [4.78, 5) is 37.5. The number of benzene rings is 3. The number of nitrogen functional groups attached to an aromatic ring is 1. The topological polar surface area (TPSA) is 91.4 Å². The summed E-state index contributed by atoms with van der Waals surface area (Å²) in [6, 6.07) is 20.6. The molecule has 0 aliphatic carbocycles. The number of carbonyl (C=O) groups excluding carboxylic acids is 2. The summed E-state index contributed by atoms with van der Waals surface area (Å²) in [5.74, 6) is -3.24. The van der Waals surface area contributed by atoms with Gasteiger partial charge < -0.3 is 10.5 Å². The highest BCUT2D eigenvalue weighted by molar-refractivity contribution is 6.11. The predicted octanol–water partition coefficient (Wildman–Crippen LogP) is 4.21. The van der Waals surface area contributed by atoms with Crippen molar-refractivity contribution in [2.45, 2.75) is 13.0 Å². The maximum Gasteiger partial charge on any atom is 0.310 e. The van der Waals surface area contributed by atoms with E-state index in [1.54, 1.807) is 24.3 Å². The van der Waals surface area contributed by atoms with E-state index in [0.29, 0.717) is 17.3 Å². The zero-order valence-electron chi connectivity index (χ0n) is 18.4. The number of hydrogen-bond donors (Lipinski definition) is 1. The molecule has 2 N–H and O–H groups in total. The van der Waals surface area contributed by atoms with Gasteiger partial charge >= 0.3 is 5.97 Å². The molecule has 0 unspecified atom stereocenters. The number of ketones is 1. The molecule has 0 spiro atoms. The largest absolute Gasteiger partial charge is 0.461 e. The van der Waals surface area contributed by atoms with Crippen LogP contribution in [0.1, 0.15) is 27.0 Å². The summed E-state index contributed by atoms with van der Waals surface area (Å²) in [6.45, 7) is 0.166. The van der Waals surface area contributed by atoms with Crippen molar-refractivity contribution in [3.8, 4) is 5.69 Å². The molecule has 0 bridgehead atoms. The SMILES string of the molecule is Nc1c(C(=O)c2ccc(F)cc2F)ccc(=O)n1-c1ccc(CC(=O)OCc2ccccc2)cc1. The first kappa shape index (κ1) is 23.6. The Bertz CT molecular complexity index is 1450. The van der Waals surface area contributed by atoms with Crippen molar-refractivity contribution in [1.29, 1.82) is 0 Å². The molecule has 35 heavy (non-hydrogen) atoms. The first-order valence-corrected chi connectivity index (χ1v) is 10.6. The van der Waals surface area contributed by atoms with Crippen molar-refractivity contribution in [1.82, 2.24) is 4.57 Å². The molecule has 6 nitrogen and oxygen atoms in total. The van der Waals surface area contributed by atoms with Crippen LogP contribution in [0.15, 0.2) is 89.7 Å². The molecule has 8 heteroatoms. The average Bonchev–Trinajstić information content (AvgIpc) is 2.84. The van der Waals surface area contributed by atoms with Gasteiger partial charge in [-0.05, 0) is 41.5 Å². The van der Waals surface area contributed by atoms with Gasteiger partial charge in [0.15, 0.2) is 5.78 Å². The van der Waals surface area contributed by atoms with E-state index in [0.717, 1.165) is 28.3 Å². The van der Waals surface area contributed by atoms with Gasteiger partial charge in [-0.2, -0.15) is 0 Å². The van der Waals surface area contributed by atoms with Crippen molar-refractivity contribution in [2.24, 2.45) is 0 Å². The second kappa shape index (κ2) is 10.1. The van der Waals surface area contributed by atoms with Crippen LogP contribution in [0.2, 0.25) is 0 Å². The minimum absolute atomic E-state index is 0.0276. The van der Waals surface area contributed by atoms with Gasteiger partial charge in [0.2, 0.25) is 0 Å². The third-order valence-corrected chi connectivity index (χ3v) is 5.34. The molecule has 1 aromatic heterocycles. The van der Waals surface area contributed by atoms with Crippen LogP contribution in [0.3, 0.4) is 0 Å². The van der Waals surface area contributed by atoms with Crippen molar-refractivity contribution in [3.63, 3.8) is 0 Å². The lowest BCUT2D eigenvalue weighted by atomic mass is 10.0. The quantitative estimate of drug-likeness (QED) is 0.320. The number of pyridine rings is 1. The molecule has 0 aliphatic heterocycles. The van der Waals surface area contributed by atoms with Crippen LogP contribution < -0.4 is 11.3 Å². The molecule has 0 atom stereocenters. The van der Waals surface area contributed by atoms with E-state index >= 15 is 0 Å². The number of esters is 1. The van der Waals surface area contributed by atoms with Gasteiger partial charge in [-0.3, -0.25) is 19.0 Å². The first-order chi connectivity index (χ1) is 16.8. The van der Waals surface area contributed by atoms with Gasteiger partial charge in [0.1, 0.15) is 24.1 Å². The molecule has 1 heterocycles. The minimum Gasteiger partial charge on any atom is -0.461 e. The predicted molar refractivity (Wildman–Crippen MR) is 126 cm³/mol. The fourth-order valence-electron chi connectivity index (χ4n) is 3.55. The Labute approximate surface area is 199 Å². The molecule has 0 saturated carbocycles. The molecule has 0 amide bonds. The summed E-state index contributed by atoms with van der Waals surface area (Å²) in [5.41, 5.74) is 7.02. The number of carbonyl (C=O) groups is 2. The zero-order chi connectivity index (χ0) is 24.9. The van der Waals surface area contributed by atoms with Crippen LogP contribution in [0.25, 0.3) is 5.69 Å². The molecule has 4 aromatic rings. The van der Waals surface area contributed by atoms with Gasteiger partial charge in [0.25, 0.3) is 5.56 Å². The maximum atomic E-state index is 14.1. The molecule has 0 saturated heterocycles. The molecule has 3 aromatic carbocycles. The van der Waals surface area contributed by atoms with E-state index in [4.69, 9.17) is 10.5 Å². The van der Waals surface area contributed by atoms with Crippen LogP contribution in [-0.2, 0) is 22.6 Å². The van der Waals surface area contributed by atoms with Gasteiger partial charge in [-0.15, -0.1) is 0 Å². The third kappa shape index (κ3) is 5.33. The minimum atomic E-state index is -1.03. The lowest BCUT2D eigenvalue weighted by Crippen LogP contribution is -2.23. The third-order valence-electron chi connectivity index (χ3n) is 5.34. The summed E-state index contributed by atoms with van der Waals surface area (Å²) >= 11 is 0. The normalized spacial score (nSPS) is 10.7. The van der Waals surface area contributed by atoms with Gasteiger partial charge in [-0.1, -0.05) is 42.5 Å². The van der Waals surface area contributed by atoms with Gasteiger partial charge in [-0.25, -0.2) is 8.78 Å². The Hall–Kier alpha value is -4.59.